The van der Waals surface area contributed by atoms with Gasteiger partial charge in [0.25, 0.3) is 0 Å². The molecule has 0 fully saturated rings. The fourth-order valence-electron chi connectivity index (χ4n) is 2.43. The van der Waals surface area contributed by atoms with Crippen LogP contribution in [0.2, 0.25) is 5.02 Å². The van der Waals surface area contributed by atoms with Gasteiger partial charge in [0.2, 0.25) is 0 Å². The highest BCUT2D eigenvalue weighted by atomic mass is 35.5. The van der Waals surface area contributed by atoms with Crippen molar-refractivity contribution in [3.05, 3.63) is 58.3 Å². The minimum atomic E-state index is -0.148. The summed E-state index contributed by atoms with van der Waals surface area (Å²) in [6.45, 7) is 2.06. The first-order chi connectivity index (χ1) is 10.2. The van der Waals surface area contributed by atoms with Crippen LogP contribution in [-0.4, -0.2) is 17.2 Å². The fraction of sp³-hybridized carbons (Fsp3) is 0.250. The summed E-state index contributed by atoms with van der Waals surface area (Å²) in [6, 6.07) is 9.58. The molecular formula is C16H17ClN4. The van der Waals surface area contributed by atoms with Gasteiger partial charge in [0.15, 0.2) is 0 Å². The molecule has 2 heterocycles. The standard InChI is InChI=1S/C16H17ClN4/c1-2-14(18)16-20-15-7-3-6-13(17)12(15)10-21(16)11-5-4-8-19-9-11/h3-10,14,16H,2,18H2,1H3/t14?,16-/m1/s1. The normalized spacial score (nSPS) is 18.4. The van der Waals surface area contributed by atoms with E-state index in [2.05, 4.69) is 16.8 Å². The molecule has 0 saturated heterocycles. The van der Waals surface area contributed by atoms with Gasteiger partial charge in [-0.05, 0) is 30.7 Å². The van der Waals surface area contributed by atoms with Gasteiger partial charge in [-0.25, -0.2) is 0 Å². The molecule has 21 heavy (non-hydrogen) atoms. The van der Waals surface area contributed by atoms with Gasteiger partial charge in [-0.2, -0.15) is 0 Å². The van der Waals surface area contributed by atoms with Crippen molar-refractivity contribution < 1.29 is 0 Å². The van der Waals surface area contributed by atoms with Gasteiger partial charge in [0.1, 0.15) is 6.17 Å². The van der Waals surface area contributed by atoms with Crippen molar-refractivity contribution in [2.75, 3.05) is 4.90 Å². The monoisotopic (exact) mass is 300 g/mol. The van der Waals surface area contributed by atoms with Gasteiger partial charge < -0.3 is 10.6 Å². The SMILES string of the molecule is CCC(N)[C@@H]1N=c2cccc(Cl)c2=CN1c1cccnc1. The Bertz CT molecular complexity index is 745. The third-order valence-corrected chi connectivity index (χ3v) is 3.98. The number of halogens is 1. The molecular weight excluding hydrogens is 284 g/mol. The largest absolute Gasteiger partial charge is 0.324 e. The molecule has 0 bridgehead atoms. The molecule has 1 unspecified atom stereocenters. The molecule has 2 aromatic rings. The van der Waals surface area contributed by atoms with Crippen LogP contribution in [0.1, 0.15) is 13.3 Å². The number of anilines is 1. The smallest absolute Gasteiger partial charge is 0.140 e. The van der Waals surface area contributed by atoms with Crippen LogP contribution in [-0.2, 0) is 0 Å². The number of rotatable bonds is 3. The zero-order valence-corrected chi connectivity index (χ0v) is 12.5. The number of benzene rings is 1. The Labute approximate surface area is 128 Å². The molecule has 0 amide bonds. The Morgan fingerprint density at radius 1 is 1.33 bits per heavy atom. The molecule has 1 aromatic heterocycles. The van der Waals surface area contributed by atoms with Gasteiger partial charge in [-0.3, -0.25) is 9.98 Å². The second-order valence-corrected chi connectivity index (χ2v) is 5.44. The van der Waals surface area contributed by atoms with Crippen LogP contribution in [0.4, 0.5) is 5.69 Å². The maximum atomic E-state index is 6.29. The molecule has 1 aliphatic heterocycles. The van der Waals surface area contributed by atoms with Crippen molar-refractivity contribution >= 4 is 23.5 Å². The molecule has 0 spiro atoms. The summed E-state index contributed by atoms with van der Waals surface area (Å²) in [5, 5.41) is 2.49. The van der Waals surface area contributed by atoms with Gasteiger partial charge >= 0.3 is 0 Å². The minimum Gasteiger partial charge on any atom is -0.324 e. The van der Waals surface area contributed by atoms with Gasteiger partial charge in [0, 0.05) is 23.7 Å². The van der Waals surface area contributed by atoms with Gasteiger partial charge in [0.05, 0.1) is 22.3 Å². The summed E-state index contributed by atoms with van der Waals surface area (Å²) in [4.78, 5) is 11.0. The van der Waals surface area contributed by atoms with E-state index in [-0.39, 0.29) is 12.2 Å². The van der Waals surface area contributed by atoms with E-state index in [0.29, 0.717) is 5.02 Å². The molecule has 2 N–H and O–H groups in total. The third-order valence-electron chi connectivity index (χ3n) is 3.65. The molecule has 3 rings (SSSR count). The summed E-state index contributed by atoms with van der Waals surface area (Å²) in [5.74, 6) is 0. The quantitative estimate of drug-likeness (QED) is 0.938. The summed E-state index contributed by atoms with van der Waals surface area (Å²) >= 11 is 6.29. The van der Waals surface area contributed by atoms with Crippen LogP contribution in [0.5, 0.6) is 0 Å². The second-order valence-electron chi connectivity index (χ2n) is 5.04. The first kappa shape index (κ1) is 14.0. The van der Waals surface area contributed by atoms with E-state index < -0.39 is 0 Å². The average molecular weight is 301 g/mol. The van der Waals surface area contributed by atoms with Crippen LogP contribution < -0.4 is 21.2 Å². The zero-order chi connectivity index (χ0) is 14.8. The molecule has 2 atom stereocenters. The molecule has 1 aromatic carbocycles. The Kier molecular flexibility index (Phi) is 3.90. The lowest BCUT2D eigenvalue weighted by Gasteiger charge is -2.33. The van der Waals surface area contributed by atoms with Crippen molar-refractivity contribution in [2.45, 2.75) is 25.6 Å². The predicted octanol–water partition coefficient (Wildman–Crippen LogP) is 1.68. The number of pyridine rings is 1. The Morgan fingerprint density at radius 3 is 2.90 bits per heavy atom. The lowest BCUT2D eigenvalue weighted by atomic mass is 10.1. The molecule has 0 saturated carbocycles. The number of nitrogens with zero attached hydrogens (tertiary/aromatic N) is 3. The lowest BCUT2D eigenvalue weighted by Crippen LogP contribution is -2.50. The summed E-state index contributed by atoms with van der Waals surface area (Å²) in [5.41, 5.74) is 7.22. The molecule has 1 aliphatic rings. The third kappa shape index (κ3) is 2.64. The first-order valence-electron chi connectivity index (χ1n) is 6.99. The van der Waals surface area contributed by atoms with Crippen molar-refractivity contribution in [2.24, 2.45) is 10.7 Å². The maximum absolute atomic E-state index is 6.29. The van der Waals surface area contributed by atoms with Crippen molar-refractivity contribution in [3.8, 4) is 0 Å². The number of hydrogen-bond donors (Lipinski definition) is 1. The van der Waals surface area contributed by atoms with Crippen LogP contribution >= 0.6 is 11.6 Å². The molecule has 0 aliphatic carbocycles. The lowest BCUT2D eigenvalue weighted by molar-refractivity contribution is 0.510. The van der Waals surface area contributed by atoms with E-state index in [1.807, 2.05) is 42.7 Å². The van der Waals surface area contributed by atoms with Crippen molar-refractivity contribution in [1.29, 1.82) is 0 Å². The Morgan fingerprint density at radius 2 is 2.19 bits per heavy atom. The average Bonchev–Trinajstić information content (AvgIpc) is 2.54. The van der Waals surface area contributed by atoms with E-state index >= 15 is 0 Å². The first-order valence-corrected chi connectivity index (χ1v) is 7.36. The summed E-state index contributed by atoms with van der Waals surface area (Å²) in [7, 11) is 0. The summed E-state index contributed by atoms with van der Waals surface area (Å²) < 4.78 is 0. The van der Waals surface area contributed by atoms with E-state index in [9.17, 15) is 0 Å². The van der Waals surface area contributed by atoms with Gasteiger partial charge in [-0.15, -0.1) is 0 Å². The Hall–Kier alpha value is -1.91. The maximum Gasteiger partial charge on any atom is 0.140 e. The highest BCUT2D eigenvalue weighted by molar-refractivity contribution is 6.30. The predicted molar refractivity (Wildman–Crippen MR) is 85.5 cm³/mol. The van der Waals surface area contributed by atoms with Gasteiger partial charge in [-0.1, -0.05) is 24.6 Å². The van der Waals surface area contributed by atoms with Crippen LogP contribution in [0.3, 0.4) is 0 Å². The van der Waals surface area contributed by atoms with E-state index in [0.717, 1.165) is 22.7 Å². The number of fused-ring (bicyclic) bond motifs is 1. The molecule has 0 radical (unpaired) electrons. The minimum absolute atomic E-state index is 0.0615. The van der Waals surface area contributed by atoms with Crippen molar-refractivity contribution in [3.63, 3.8) is 0 Å². The fourth-order valence-corrected chi connectivity index (χ4v) is 2.65. The number of aromatic nitrogens is 1. The van der Waals surface area contributed by atoms with E-state index in [1.54, 1.807) is 6.20 Å². The van der Waals surface area contributed by atoms with Crippen LogP contribution in [0.15, 0.2) is 47.7 Å². The highest BCUT2D eigenvalue weighted by Gasteiger charge is 2.25. The van der Waals surface area contributed by atoms with E-state index in [1.165, 1.54) is 0 Å². The second kappa shape index (κ2) is 5.84. The highest BCUT2D eigenvalue weighted by Crippen LogP contribution is 2.20. The molecule has 108 valence electrons. The van der Waals surface area contributed by atoms with Crippen LogP contribution in [0.25, 0.3) is 6.20 Å². The zero-order valence-electron chi connectivity index (χ0n) is 11.8. The topological polar surface area (TPSA) is 54.5 Å². The molecule has 4 nitrogen and oxygen atoms in total. The number of nitrogens with two attached hydrogens (primary N) is 1. The van der Waals surface area contributed by atoms with E-state index in [4.69, 9.17) is 22.3 Å². The number of hydrogen-bond acceptors (Lipinski definition) is 4. The van der Waals surface area contributed by atoms with Crippen LogP contribution in [0, 0.1) is 0 Å². The molecule has 5 heteroatoms. The van der Waals surface area contributed by atoms with Crippen molar-refractivity contribution in [1.82, 2.24) is 4.98 Å². The Balaban J connectivity index is 2.18. The summed E-state index contributed by atoms with van der Waals surface area (Å²) in [6.07, 6.45) is 6.27.